The number of fused-ring (bicyclic) bond motifs is 1. The van der Waals surface area contributed by atoms with Crippen LogP contribution in [0.3, 0.4) is 0 Å². The molecule has 33 heavy (non-hydrogen) atoms. The number of rotatable bonds is 4. The van der Waals surface area contributed by atoms with Gasteiger partial charge in [-0.25, -0.2) is 4.98 Å². The van der Waals surface area contributed by atoms with Crippen molar-refractivity contribution in [1.82, 2.24) is 14.9 Å². The first-order chi connectivity index (χ1) is 16.1. The van der Waals surface area contributed by atoms with Crippen LogP contribution in [0.4, 0.5) is 11.5 Å². The summed E-state index contributed by atoms with van der Waals surface area (Å²) in [6, 6.07) is 20.0. The molecule has 5 rings (SSSR count). The van der Waals surface area contributed by atoms with E-state index in [1.54, 1.807) is 30.5 Å². The largest absolute Gasteiger partial charge is 0.353 e. The summed E-state index contributed by atoms with van der Waals surface area (Å²) in [6.07, 6.45) is 1.77. The van der Waals surface area contributed by atoms with Crippen LogP contribution in [0.2, 0.25) is 5.02 Å². The number of hydrogen-bond acceptors (Lipinski definition) is 4. The maximum absolute atomic E-state index is 13.5. The highest BCUT2D eigenvalue weighted by atomic mass is 35.5. The molecule has 7 nitrogen and oxygen atoms in total. The molecular weight excluding hydrogens is 438 g/mol. The standard InChI is InChI=1S/C25H22ClN5O2/c26-18-10-8-17(9-11-18)24(32)29-22-19-5-1-2-6-20(19)28-23(22)25(33)31-15-13-30(14-16-31)21-7-3-4-12-27-21/h1-12,28H,13-16H2,(H,29,32). The van der Waals surface area contributed by atoms with Crippen LogP contribution in [0.15, 0.2) is 72.9 Å². The smallest absolute Gasteiger partial charge is 0.272 e. The summed E-state index contributed by atoms with van der Waals surface area (Å²) in [6.45, 7) is 2.51. The maximum Gasteiger partial charge on any atom is 0.272 e. The van der Waals surface area contributed by atoms with Crippen LogP contribution >= 0.6 is 11.6 Å². The number of piperazine rings is 1. The van der Waals surface area contributed by atoms with Gasteiger partial charge in [0.05, 0.1) is 5.69 Å². The molecule has 0 spiro atoms. The molecule has 0 radical (unpaired) electrons. The average Bonchev–Trinajstić information content (AvgIpc) is 3.23. The van der Waals surface area contributed by atoms with Crippen LogP contribution in [-0.2, 0) is 0 Å². The van der Waals surface area contributed by atoms with E-state index < -0.39 is 0 Å². The van der Waals surface area contributed by atoms with Gasteiger partial charge in [-0.05, 0) is 42.5 Å². The first kappa shape index (κ1) is 21.0. The molecule has 2 N–H and O–H groups in total. The predicted molar refractivity (Wildman–Crippen MR) is 130 cm³/mol. The van der Waals surface area contributed by atoms with Crippen molar-refractivity contribution in [3.63, 3.8) is 0 Å². The maximum atomic E-state index is 13.5. The third-order valence-electron chi connectivity index (χ3n) is 5.81. The number of nitrogens with one attached hydrogen (secondary N) is 2. The minimum absolute atomic E-state index is 0.140. The Labute approximate surface area is 196 Å². The molecular formula is C25H22ClN5O2. The molecule has 1 fully saturated rings. The lowest BCUT2D eigenvalue weighted by atomic mass is 10.1. The molecule has 1 aliphatic rings. The van der Waals surface area contributed by atoms with Gasteiger partial charge in [0.15, 0.2) is 0 Å². The summed E-state index contributed by atoms with van der Waals surface area (Å²) in [5.41, 5.74) is 2.12. The molecule has 4 aromatic rings. The number of halogens is 1. The molecule has 3 heterocycles. The van der Waals surface area contributed by atoms with Crippen molar-refractivity contribution in [3.05, 3.63) is 89.2 Å². The molecule has 0 aliphatic carbocycles. The SMILES string of the molecule is O=C(Nc1c(C(=O)N2CCN(c3ccccn3)CC2)[nH]c2ccccc12)c1ccc(Cl)cc1. The number of hydrogen-bond donors (Lipinski definition) is 2. The second kappa shape index (κ2) is 8.96. The lowest BCUT2D eigenvalue weighted by Crippen LogP contribution is -2.49. The fourth-order valence-electron chi connectivity index (χ4n) is 4.06. The zero-order valence-corrected chi connectivity index (χ0v) is 18.5. The summed E-state index contributed by atoms with van der Waals surface area (Å²) in [5.74, 6) is 0.467. The average molecular weight is 460 g/mol. The van der Waals surface area contributed by atoms with Gasteiger partial charge in [0.1, 0.15) is 11.5 Å². The van der Waals surface area contributed by atoms with Crippen LogP contribution in [-0.4, -0.2) is 52.9 Å². The minimum atomic E-state index is -0.301. The number of H-pyrrole nitrogens is 1. The van der Waals surface area contributed by atoms with Gasteiger partial charge in [0.2, 0.25) is 0 Å². The van der Waals surface area contributed by atoms with Gasteiger partial charge < -0.3 is 20.1 Å². The number of amides is 2. The zero-order chi connectivity index (χ0) is 22.8. The van der Waals surface area contributed by atoms with Gasteiger partial charge in [-0.2, -0.15) is 0 Å². The summed E-state index contributed by atoms with van der Waals surface area (Å²) >= 11 is 5.95. The predicted octanol–water partition coefficient (Wildman–Crippen LogP) is 4.43. The molecule has 1 aliphatic heterocycles. The number of nitrogens with zero attached hydrogens (tertiary/aromatic N) is 3. The quantitative estimate of drug-likeness (QED) is 0.473. The van der Waals surface area contributed by atoms with E-state index in [0.717, 1.165) is 16.7 Å². The van der Waals surface area contributed by atoms with E-state index in [4.69, 9.17) is 11.6 Å². The number of para-hydroxylation sites is 1. The Morgan fingerprint density at radius 1 is 0.909 bits per heavy atom. The van der Waals surface area contributed by atoms with Gasteiger partial charge >= 0.3 is 0 Å². The molecule has 2 amide bonds. The molecule has 8 heteroatoms. The van der Waals surface area contributed by atoms with E-state index in [1.165, 1.54) is 0 Å². The van der Waals surface area contributed by atoms with Crippen LogP contribution in [0, 0.1) is 0 Å². The Bertz CT molecular complexity index is 1300. The van der Waals surface area contributed by atoms with Crippen LogP contribution in [0.5, 0.6) is 0 Å². The number of carbonyl (C=O) groups excluding carboxylic acids is 2. The Kier molecular flexibility index (Phi) is 5.71. The lowest BCUT2D eigenvalue weighted by molar-refractivity contribution is 0.0742. The number of pyridine rings is 1. The lowest BCUT2D eigenvalue weighted by Gasteiger charge is -2.35. The Hall–Kier alpha value is -3.84. The summed E-state index contributed by atoms with van der Waals surface area (Å²) in [7, 11) is 0. The first-order valence-corrected chi connectivity index (χ1v) is 11.1. The highest BCUT2D eigenvalue weighted by molar-refractivity contribution is 6.30. The van der Waals surface area contributed by atoms with Crippen molar-refractivity contribution < 1.29 is 9.59 Å². The fourth-order valence-corrected chi connectivity index (χ4v) is 4.18. The van der Waals surface area contributed by atoms with E-state index in [2.05, 4.69) is 20.2 Å². The molecule has 2 aromatic heterocycles. The van der Waals surface area contributed by atoms with E-state index >= 15 is 0 Å². The van der Waals surface area contributed by atoms with Gasteiger partial charge in [-0.15, -0.1) is 0 Å². The van der Waals surface area contributed by atoms with Crippen molar-refractivity contribution in [2.24, 2.45) is 0 Å². The minimum Gasteiger partial charge on any atom is -0.353 e. The number of anilines is 2. The van der Waals surface area contributed by atoms with E-state index in [1.807, 2.05) is 47.4 Å². The normalized spacial score (nSPS) is 13.8. The zero-order valence-electron chi connectivity index (χ0n) is 17.8. The van der Waals surface area contributed by atoms with Crippen LogP contribution < -0.4 is 10.2 Å². The first-order valence-electron chi connectivity index (χ1n) is 10.7. The third-order valence-corrected chi connectivity index (χ3v) is 6.06. The summed E-state index contributed by atoms with van der Waals surface area (Å²) < 4.78 is 0. The number of benzene rings is 2. The molecule has 0 saturated carbocycles. The van der Waals surface area contributed by atoms with Crippen molar-refractivity contribution in [2.75, 3.05) is 36.4 Å². The second-order valence-electron chi connectivity index (χ2n) is 7.85. The summed E-state index contributed by atoms with van der Waals surface area (Å²) in [5, 5.41) is 4.28. The van der Waals surface area contributed by atoms with Gasteiger partial charge in [-0.3, -0.25) is 9.59 Å². The molecule has 166 valence electrons. The van der Waals surface area contributed by atoms with E-state index in [9.17, 15) is 9.59 Å². The van der Waals surface area contributed by atoms with E-state index in [0.29, 0.717) is 48.1 Å². The number of carbonyl (C=O) groups is 2. The highest BCUT2D eigenvalue weighted by Crippen LogP contribution is 2.30. The molecule has 2 aromatic carbocycles. The molecule has 0 unspecified atom stereocenters. The molecule has 0 bridgehead atoms. The van der Waals surface area contributed by atoms with Crippen molar-refractivity contribution >= 4 is 45.8 Å². The monoisotopic (exact) mass is 459 g/mol. The highest BCUT2D eigenvalue weighted by Gasteiger charge is 2.27. The Morgan fingerprint density at radius 3 is 2.36 bits per heavy atom. The van der Waals surface area contributed by atoms with E-state index in [-0.39, 0.29) is 11.8 Å². The molecule has 0 atom stereocenters. The second-order valence-corrected chi connectivity index (χ2v) is 8.29. The van der Waals surface area contributed by atoms with Gasteiger partial charge in [0.25, 0.3) is 11.8 Å². The molecule has 1 saturated heterocycles. The summed E-state index contributed by atoms with van der Waals surface area (Å²) in [4.78, 5) is 38.0. The topological polar surface area (TPSA) is 81.3 Å². The Balaban J connectivity index is 1.39. The van der Waals surface area contributed by atoms with Gasteiger partial charge in [-0.1, -0.05) is 35.9 Å². The fraction of sp³-hybridized carbons (Fsp3) is 0.160. The van der Waals surface area contributed by atoms with Crippen LogP contribution in [0.25, 0.3) is 10.9 Å². The van der Waals surface area contributed by atoms with Crippen LogP contribution in [0.1, 0.15) is 20.8 Å². The van der Waals surface area contributed by atoms with Gasteiger partial charge in [0, 0.05) is 53.9 Å². The number of aromatic nitrogens is 2. The van der Waals surface area contributed by atoms with Crippen molar-refractivity contribution in [3.8, 4) is 0 Å². The van der Waals surface area contributed by atoms with Crippen molar-refractivity contribution in [2.45, 2.75) is 0 Å². The van der Waals surface area contributed by atoms with Crippen molar-refractivity contribution in [1.29, 1.82) is 0 Å². The number of aromatic amines is 1. The third kappa shape index (κ3) is 4.27. The Morgan fingerprint density at radius 2 is 1.64 bits per heavy atom.